The summed E-state index contributed by atoms with van der Waals surface area (Å²) in [5.41, 5.74) is 7.88. The number of carbonyl (C=O) groups excluding carboxylic acids is 2. The van der Waals surface area contributed by atoms with Gasteiger partial charge in [0.05, 0.1) is 11.4 Å². The van der Waals surface area contributed by atoms with Crippen LogP contribution in [0.3, 0.4) is 0 Å². The molecular weight excluding hydrogens is 369 g/mol. The SMILES string of the molecule is CN(C)CCN(C(N)=O)C(=O)[CH]Cc1ccc(-c2ccc(F)c(Cl)c2)cc1. The summed E-state index contributed by atoms with van der Waals surface area (Å²) >= 11 is 5.82. The van der Waals surface area contributed by atoms with Crippen LogP contribution in [-0.2, 0) is 11.2 Å². The molecule has 5 nitrogen and oxygen atoms in total. The summed E-state index contributed by atoms with van der Waals surface area (Å²) in [6.45, 7) is 0.777. The van der Waals surface area contributed by atoms with Crippen molar-refractivity contribution < 1.29 is 14.0 Å². The fourth-order valence-electron chi connectivity index (χ4n) is 2.45. The third-order valence-electron chi connectivity index (χ3n) is 4.02. The minimum absolute atomic E-state index is 0.0692. The van der Waals surface area contributed by atoms with Gasteiger partial charge in [0.2, 0.25) is 5.91 Å². The van der Waals surface area contributed by atoms with Crippen LogP contribution in [0.2, 0.25) is 5.02 Å². The predicted molar refractivity (Wildman–Crippen MR) is 105 cm³/mol. The molecule has 0 aliphatic rings. The number of amides is 3. The number of benzene rings is 2. The van der Waals surface area contributed by atoms with E-state index < -0.39 is 17.8 Å². The zero-order chi connectivity index (χ0) is 20.0. The summed E-state index contributed by atoms with van der Waals surface area (Å²) in [4.78, 5) is 26.6. The van der Waals surface area contributed by atoms with E-state index in [1.807, 2.05) is 43.3 Å². The van der Waals surface area contributed by atoms with E-state index in [1.165, 1.54) is 12.5 Å². The Balaban J connectivity index is 1.98. The highest BCUT2D eigenvalue weighted by Gasteiger charge is 2.18. The molecule has 143 valence electrons. The second-order valence-corrected chi connectivity index (χ2v) is 6.77. The maximum absolute atomic E-state index is 13.3. The van der Waals surface area contributed by atoms with Gasteiger partial charge in [0.25, 0.3) is 0 Å². The molecule has 2 N–H and O–H groups in total. The molecule has 2 aromatic rings. The molecule has 0 bridgehead atoms. The maximum Gasteiger partial charge on any atom is 0.321 e. The third-order valence-corrected chi connectivity index (χ3v) is 4.31. The molecule has 0 heterocycles. The number of rotatable bonds is 7. The molecule has 0 atom stereocenters. The molecule has 0 aromatic heterocycles. The average molecular weight is 391 g/mol. The monoisotopic (exact) mass is 390 g/mol. The molecule has 0 saturated carbocycles. The van der Waals surface area contributed by atoms with Crippen LogP contribution in [0.4, 0.5) is 9.18 Å². The van der Waals surface area contributed by atoms with E-state index in [4.69, 9.17) is 17.3 Å². The Morgan fingerprint density at radius 2 is 1.70 bits per heavy atom. The largest absolute Gasteiger partial charge is 0.351 e. The Hall–Kier alpha value is -2.44. The molecule has 0 unspecified atom stereocenters. The molecule has 2 rings (SSSR count). The van der Waals surface area contributed by atoms with Gasteiger partial charge in [-0.3, -0.25) is 9.69 Å². The second kappa shape index (κ2) is 9.48. The summed E-state index contributed by atoms with van der Waals surface area (Å²) in [6, 6.07) is 11.3. The highest BCUT2D eigenvalue weighted by molar-refractivity contribution is 6.31. The lowest BCUT2D eigenvalue weighted by molar-refractivity contribution is -0.124. The summed E-state index contributed by atoms with van der Waals surface area (Å²) in [5, 5.41) is 0.0692. The van der Waals surface area contributed by atoms with E-state index >= 15 is 0 Å². The first-order valence-corrected chi connectivity index (χ1v) is 8.79. The van der Waals surface area contributed by atoms with Crippen molar-refractivity contribution in [1.29, 1.82) is 0 Å². The number of hydrogen-bond donors (Lipinski definition) is 1. The minimum Gasteiger partial charge on any atom is -0.351 e. The normalized spacial score (nSPS) is 10.9. The smallest absolute Gasteiger partial charge is 0.321 e. The highest BCUT2D eigenvalue weighted by Crippen LogP contribution is 2.25. The first kappa shape index (κ1) is 20.9. The van der Waals surface area contributed by atoms with Crippen molar-refractivity contribution in [3.63, 3.8) is 0 Å². The van der Waals surface area contributed by atoms with Crippen LogP contribution in [-0.4, -0.2) is 48.9 Å². The van der Waals surface area contributed by atoms with Gasteiger partial charge in [-0.1, -0.05) is 41.9 Å². The van der Waals surface area contributed by atoms with Crippen LogP contribution in [0.1, 0.15) is 5.56 Å². The van der Waals surface area contributed by atoms with Crippen molar-refractivity contribution in [2.24, 2.45) is 5.73 Å². The number of primary amides is 1. The lowest BCUT2D eigenvalue weighted by atomic mass is 10.0. The van der Waals surface area contributed by atoms with E-state index in [9.17, 15) is 14.0 Å². The number of halogens is 2. The summed E-state index contributed by atoms with van der Waals surface area (Å²) in [7, 11) is 3.70. The number of nitrogens with zero attached hydrogens (tertiary/aromatic N) is 2. The van der Waals surface area contributed by atoms with E-state index in [-0.39, 0.29) is 11.6 Å². The van der Waals surface area contributed by atoms with E-state index in [2.05, 4.69) is 0 Å². The first-order valence-electron chi connectivity index (χ1n) is 8.41. The average Bonchev–Trinajstić information content (AvgIpc) is 2.62. The molecule has 0 aliphatic heterocycles. The van der Waals surface area contributed by atoms with Crippen LogP contribution < -0.4 is 5.73 Å². The molecule has 7 heteroatoms. The lowest BCUT2D eigenvalue weighted by Gasteiger charge is -2.20. The fraction of sp³-hybridized carbons (Fsp3) is 0.250. The standard InChI is InChI=1S/C20H22ClFN3O2/c1-24(2)11-12-25(20(23)27)19(26)10-5-14-3-6-15(7-4-14)16-8-9-18(22)17(21)13-16/h3-4,6-10,13H,5,11-12H2,1-2H3,(H2,23,27). The van der Waals surface area contributed by atoms with Gasteiger partial charge in [0, 0.05) is 13.1 Å². The molecule has 3 amide bonds. The van der Waals surface area contributed by atoms with Crippen molar-refractivity contribution in [1.82, 2.24) is 9.80 Å². The van der Waals surface area contributed by atoms with Crippen molar-refractivity contribution >= 4 is 23.5 Å². The molecule has 0 saturated heterocycles. The Morgan fingerprint density at radius 3 is 2.26 bits per heavy atom. The maximum atomic E-state index is 13.3. The number of hydrogen-bond acceptors (Lipinski definition) is 3. The van der Waals surface area contributed by atoms with Gasteiger partial charge < -0.3 is 10.6 Å². The van der Waals surface area contributed by atoms with Crippen LogP contribution in [0.15, 0.2) is 42.5 Å². The molecule has 27 heavy (non-hydrogen) atoms. The number of carbonyl (C=O) groups is 2. The van der Waals surface area contributed by atoms with E-state index in [0.29, 0.717) is 13.0 Å². The molecule has 1 radical (unpaired) electrons. The van der Waals surface area contributed by atoms with Crippen LogP contribution >= 0.6 is 11.6 Å². The summed E-state index contributed by atoms with van der Waals surface area (Å²) in [5.74, 6) is -0.878. The Labute approximate surface area is 163 Å². The van der Waals surface area contributed by atoms with Crippen molar-refractivity contribution in [2.75, 3.05) is 27.2 Å². The number of urea groups is 1. The van der Waals surface area contributed by atoms with Gasteiger partial charge in [-0.2, -0.15) is 0 Å². The van der Waals surface area contributed by atoms with Gasteiger partial charge in [-0.05, 0) is 49.3 Å². The second-order valence-electron chi connectivity index (χ2n) is 6.37. The Bertz CT molecular complexity index is 809. The van der Waals surface area contributed by atoms with Crippen molar-refractivity contribution in [2.45, 2.75) is 6.42 Å². The van der Waals surface area contributed by atoms with E-state index in [0.717, 1.165) is 21.6 Å². The Kier molecular flexibility index (Phi) is 7.33. The highest BCUT2D eigenvalue weighted by atomic mass is 35.5. The van der Waals surface area contributed by atoms with E-state index in [1.54, 1.807) is 12.1 Å². The lowest BCUT2D eigenvalue weighted by Crippen LogP contribution is -2.44. The van der Waals surface area contributed by atoms with Crippen molar-refractivity contribution in [3.05, 3.63) is 65.3 Å². The Morgan fingerprint density at radius 1 is 1.07 bits per heavy atom. The molecule has 0 fully saturated rings. The van der Waals surface area contributed by atoms with Gasteiger partial charge >= 0.3 is 6.03 Å². The number of imide groups is 1. The number of likely N-dealkylation sites (N-methyl/N-ethyl adjacent to an activating group) is 1. The molecule has 2 aromatic carbocycles. The zero-order valence-corrected chi connectivity index (χ0v) is 16.0. The predicted octanol–water partition coefficient (Wildman–Crippen LogP) is 3.36. The van der Waals surface area contributed by atoms with Gasteiger partial charge in [-0.25, -0.2) is 9.18 Å². The van der Waals surface area contributed by atoms with Crippen LogP contribution in [0.5, 0.6) is 0 Å². The molecule has 0 aliphatic carbocycles. The van der Waals surface area contributed by atoms with Gasteiger partial charge in [0.1, 0.15) is 5.82 Å². The summed E-state index contributed by atoms with van der Waals surface area (Å²) < 4.78 is 13.3. The third kappa shape index (κ3) is 6.05. The molecular formula is C20H22ClFN3O2. The quantitative estimate of drug-likeness (QED) is 0.788. The number of nitrogens with two attached hydrogens (primary N) is 1. The van der Waals surface area contributed by atoms with Crippen molar-refractivity contribution in [3.8, 4) is 11.1 Å². The minimum atomic E-state index is -0.762. The van der Waals surface area contributed by atoms with Crippen LogP contribution in [0, 0.1) is 12.2 Å². The van der Waals surface area contributed by atoms with Crippen LogP contribution in [0.25, 0.3) is 11.1 Å². The topological polar surface area (TPSA) is 66.6 Å². The zero-order valence-electron chi connectivity index (χ0n) is 15.3. The van der Waals surface area contributed by atoms with Gasteiger partial charge in [0.15, 0.2) is 0 Å². The molecule has 0 spiro atoms. The fourth-order valence-corrected chi connectivity index (χ4v) is 2.63. The van der Waals surface area contributed by atoms with Gasteiger partial charge in [-0.15, -0.1) is 0 Å². The first-order chi connectivity index (χ1) is 12.8. The summed E-state index contributed by atoms with van der Waals surface area (Å²) in [6.07, 6.45) is 1.80.